The van der Waals surface area contributed by atoms with E-state index in [2.05, 4.69) is 4.72 Å². The first-order chi connectivity index (χ1) is 13.4. The van der Waals surface area contributed by atoms with E-state index in [0.717, 1.165) is 20.5 Å². The minimum Gasteiger partial charge on any atom is -0.478 e. The Bertz CT molecular complexity index is 1320. The summed E-state index contributed by atoms with van der Waals surface area (Å²) in [5, 5.41) is 12.0. The van der Waals surface area contributed by atoms with Crippen LogP contribution in [0.2, 0.25) is 0 Å². The highest BCUT2D eigenvalue weighted by Gasteiger charge is 2.23. The van der Waals surface area contributed by atoms with Crippen LogP contribution in [0.25, 0.3) is 20.9 Å². The molecule has 1 aromatic heterocycles. The number of sulfonamides is 1. The summed E-state index contributed by atoms with van der Waals surface area (Å²) in [6.45, 7) is 2.07. The average Bonchev–Trinajstić information content (AvgIpc) is 3.01. The van der Waals surface area contributed by atoms with Crippen LogP contribution in [0, 0.1) is 6.92 Å². The molecule has 0 aliphatic rings. The zero-order chi connectivity index (χ0) is 19.9. The molecule has 0 aliphatic heterocycles. The number of thiophene rings is 1. The quantitative estimate of drug-likeness (QED) is 0.505. The standard InChI is InChI=1S/C21H17NO4S2/c1-13-16-8-4-5-9-18(16)27-19(13)12-22-28(25,26)20-11-15-7-3-2-6-14(15)10-17(20)21(23)24/h2-11,22H,12H2,1H3,(H,23,24). The van der Waals surface area contributed by atoms with Gasteiger partial charge in [0.25, 0.3) is 0 Å². The van der Waals surface area contributed by atoms with Gasteiger partial charge in [0.1, 0.15) is 0 Å². The molecule has 142 valence electrons. The maximum absolute atomic E-state index is 12.9. The zero-order valence-corrected chi connectivity index (χ0v) is 16.6. The summed E-state index contributed by atoms with van der Waals surface area (Å²) in [5.41, 5.74) is 0.791. The first-order valence-corrected chi connectivity index (χ1v) is 10.9. The van der Waals surface area contributed by atoms with Crippen molar-refractivity contribution in [2.75, 3.05) is 0 Å². The van der Waals surface area contributed by atoms with Gasteiger partial charge >= 0.3 is 5.97 Å². The van der Waals surface area contributed by atoms with Crippen LogP contribution >= 0.6 is 11.3 Å². The van der Waals surface area contributed by atoms with E-state index in [1.165, 1.54) is 23.5 Å². The van der Waals surface area contributed by atoms with E-state index in [1.807, 2.05) is 31.2 Å². The number of carboxylic acids is 1. The Kier molecular flexibility index (Phi) is 4.66. The Morgan fingerprint density at radius 3 is 2.36 bits per heavy atom. The number of aryl methyl sites for hydroxylation is 1. The monoisotopic (exact) mass is 411 g/mol. The Labute approximate surface area is 166 Å². The summed E-state index contributed by atoms with van der Waals surface area (Å²) < 4.78 is 29.5. The molecule has 7 heteroatoms. The maximum Gasteiger partial charge on any atom is 0.337 e. The third kappa shape index (κ3) is 3.28. The van der Waals surface area contributed by atoms with E-state index in [4.69, 9.17) is 0 Å². The molecule has 0 saturated carbocycles. The van der Waals surface area contributed by atoms with E-state index < -0.39 is 16.0 Å². The van der Waals surface area contributed by atoms with Crippen molar-refractivity contribution in [2.45, 2.75) is 18.4 Å². The second-order valence-corrected chi connectivity index (χ2v) is 9.34. The summed E-state index contributed by atoms with van der Waals surface area (Å²) in [6, 6.07) is 17.8. The van der Waals surface area contributed by atoms with Crippen molar-refractivity contribution in [1.29, 1.82) is 0 Å². The Morgan fingerprint density at radius 1 is 1.04 bits per heavy atom. The van der Waals surface area contributed by atoms with Gasteiger partial charge in [0.2, 0.25) is 10.0 Å². The van der Waals surface area contributed by atoms with Crippen LogP contribution in [0.15, 0.2) is 65.6 Å². The van der Waals surface area contributed by atoms with Crippen molar-refractivity contribution in [2.24, 2.45) is 0 Å². The minimum atomic E-state index is -4.00. The number of rotatable bonds is 5. The zero-order valence-electron chi connectivity index (χ0n) is 15.0. The topological polar surface area (TPSA) is 83.5 Å². The van der Waals surface area contributed by atoms with Crippen LogP contribution in [0.4, 0.5) is 0 Å². The van der Waals surface area contributed by atoms with Gasteiger partial charge in [0, 0.05) is 16.1 Å². The molecule has 0 radical (unpaired) electrons. The minimum absolute atomic E-state index is 0.111. The predicted octanol–water partition coefficient (Wildman–Crippen LogP) is 4.54. The van der Waals surface area contributed by atoms with Crippen molar-refractivity contribution in [3.63, 3.8) is 0 Å². The number of aromatic carboxylic acids is 1. The largest absolute Gasteiger partial charge is 0.478 e. The fraction of sp³-hybridized carbons (Fsp3) is 0.0952. The molecule has 0 aliphatic carbocycles. The number of hydrogen-bond acceptors (Lipinski definition) is 4. The van der Waals surface area contributed by atoms with Gasteiger partial charge in [-0.1, -0.05) is 42.5 Å². The van der Waals surface area contributed by atoms with Crippen LogP contribution in [-0.2, 0) is 16.6 Å². The van der Waals surface area contributed by atoms with Crippen molar-refractivity contribution in [3.05, 3.63) is 76.7 Å². The fourth-order valence-corrected chi connectivity index (χ4v) is 5.69. The van der Waals surface area contributed by atoms with Gasteiger partial charge in [-0.05, 0) is 46.8 Å². The van der Waals surface area contributed by atoms with E-state index in [9.17, 15) is 18.3 Å². The molecular weight excluding hydrogens is 394 g/mol. The molecule has 0 bridgehead atoms. The maximum atomic E-state index is 12.9. The lowest BCUT2D eigenvalue weighted by molar-refractivity contribution is 0.0693. The summed E-state index contributed by atoms with van der Waals surface area (Å²) >= 11 is 1.53. The van der Waals surface area contributed by atoms with Gasteiger partial charge in [-0.25, -0.2) is 17.9 Å². The van der Waals surface area contributed by atoms with E-state index in [0.29, 0.717) is 10.8 Å². The lowest BCUT2D eigenvalue weighted by Crippen LogP contribution is -2.25. The molecule has 1 heterocycles. The van der Waals surface area contributed by atoms with E-state index in [-0.39, 0.29) is 17.0 Å². The number of fused-ring (bicyclic) bond motifs is 2. The van der Waals surface area contributed by atoms with Gasteiger partial charge in [0.05, 0.1) is 10.5 Å². The van der Waals surface area contributed by atoms with Crippen molar-refractivity contribution in [1.82, 2.24) is 4.72 Å². The molecule has 0 atom stereocenters. The molecule has 4 rings (SSSR count). The van der Waals surface area contributed by atoms with Crippen molar-refractivity contribution < 1.29 is 18.3 Å². The van der Waals surface area contributed by atoms with Crippen LogP contribution in [-0.4, -0.2) is 19.5 Å². The highest BCUT2D eigenvalue weighted by molar-refractivity contribution is 7.89. The highest BCUT2D eigenvalue weighted by atomic mass is 32.2. The van der Waals surface area contributed by atoms with E-state index >= 15 is 0 Å². The summed E-state index contributed by atoms with van der Waals surface area (Å²) in [5.74, 6) is -1.27. The lowest BCUT2D eigenvalue weighted by atomic mass is 10.1. The first-order valence-electron chi connectivity index (χ1n) is 8.59. The van der Waals surface area contributed by atoms with Crippen molar-refractivity contribution in [3.8, 4) is 0 Å². The Hall–Kier alpha value is -2.74. The number of carbonyl (C=O) groups is 1. The molecular formula is C21H17NO4S2. The van der Waals surface area contributed by atoms with E-state index in [1.54, 1.807) is 24.3 Å². The number of hydrogen-bond donors (Lipinski definition) is 2. The molecule has 0 saturated heterocycles. The molecule has 4 aromatic rings. The summed E-state index contributed by atoms with van der Waals surface area (Å²) in [7, 11) is -4.00. The Balaban J connectivity index is 1.72. The highest BCUT2D eigenvalue weighted by Crippen LogP contribution is 2.31. The number of benzene rings is 3. The van der Waals surface area contributed by atoms with Crippen LogP contribution in [0.1, 0.15) is 20.8 Å². The van der Waals surface area contributed by atoms with Crippen molar-refractivity contribution >= 4 is 48.2 Å². The fourth-order valence-electron chi connectivity index (χ4n) is 3.24. The summed E-state index contributed by atoms with van der Waals surface area (Å²) in [4.78, 5) is 12.3. The number of carboxylic acid groups (broad SMARTS) is 1. The molecule has 5 nitrogen and oxygen atoms in total. The SMILES string of the molecule is Cc1c(CNS(=O)(=O)c2cc3ccccc3cc2C(=O)O)sc2ccccc12. The third-order valence-electron chi connectivity index (χ3n) is 4.73. The normalized spacial score (nSPS) is 11.9. The first kappa shape index (κ1) is 18.6. The Morgan fingerprint density at radius 2 is 1.68 bits per heavy atom. The molecule has 0 spiro atoms. The molecule has 0 unspecified atom stereocenters. The predicted molar refractivity (Wildman–Crippen MR) is 111 cm³/mol. The molecule has 0 fully saturated rings. The van der Waals surface area contributed by atoms with Crippen LogP contribution in [0.3, 0.4) is 0 Å². The third-order valence-corrected chi connectivity index (χ3v) is 7.45. The smallest absolute Gasteiger partial charge is 0.337 e. The van der Waals surface area contributed by atoms with Gasteiger partial charge in [-0.15, -0.1) is 11.3 Å². The van der Waals surface area contributed by atoms with Gasteiger partial charge in [-0.3, -0.25) is 0 Å². The van der Waals surface area contributed by atoms with Gasteiger partial charge in [-0.2, -0.15) is 0 Å². The van der Waals surface area contributed by atoms with Gasteiger partial charge in [0.15, 0.2) is 0 Å². The molecule has 3 aromatic carbocycles. The molecule has 2 N–H and O–H groups in total. The second kappa shape index (κ2) is 7.01. The lowest BCUT2D eigenvalue weighted by Gasteiger charge is -2.11. The molecule has 28 heavy (non-hydrogen) atoms. The molecule has 0 amide bonds. The summed E-state index contributed by atoms with van der Waals surface area (Å²) in [6.07, 6.45) is 0. The van der Waals surface area contributed by atoms with Crippen LogP contribution in [0.5, 0.6) is 0 Å². The second-order valence-electron chi connectivity index (χ2n) is 6.47. The average molecular weight is 412 g/mol. The van der Waals surface area contributed by atoms with Gasteiger partial charge < -0.3 is 5.11 Å². The van der Waals surface area contributed by atoms with Crippen LogP contribution < -0.4 is 4.72 Å². The number of nitrogens with one attached hydrogen (secondary N) is 1.